The quantitative estimate of drug-likeness (QED) is 0.420. The molecule has 0 unspecified atom stereocenters. The first-order valence-electron chi connectivity index (χ1n) is 5.37. The van der Waals surface area contributed by atoms with E-state index in [0.717, 1.165) is 36.4 Å². The zero-order valence-electron chi connectivity index (χ0n) is 9.86. The second-order valence-electron chi connectivity index (χ2n) is 3.50. The molecule has 1 aromatic rings. The van der Waals surface area contributed by atoms with Gasteiger partial charge in [0.25, 0.3) is 0 Å². The van der Waals surface area contributed by atoms with Crippen LogP contribution in [0.4, 0.5) is 0 Å². The molecule has 0 bridgehead atoms. The van der Waals surface area contributed by atoms with E-state index in [1.165, 1.54) is 0 Å². The maximum atomic E-state index is 5.18. The van der Waals surface area contributed by atoms with Crippen LogP contribution in [0.3, 0.4) is 0 Å². The fourth-order valence-corrected chi connectivity index (χ4v) is 1.35. The van der Waals surface area contributed by atoms with Crippen molar-refractivity contribution in [1.29, 1.82) is 0 Å². The summed E-state index contributed by atoms with van der Waals surface area (Å²) in [6, 6.07) is 7.91. The molecule has 0 radical (unpaired) electrons. The molecule has 84 valence electrons. The van der Waals surface area contributed by atoms with Crippen molar-refractivity contribution < 1.29 is 4.74 Å². The molecule has 0 N–H and O–H groups in total. The molecule has 0 spiro atoms. The van der Waals surface area contributed by atoms with Crippen LogP contribution >= 0.6 is 0 Å². The summed E-state index contributed by atoms with van der Waals surface area (Å²) in [6.07, 6.45) is 6.92. The van der Waals surface area contributed by atoms with E-state index in [-0.39, 0.29) is 0 Å². The lowest BCUT2D eigenvalue weighted by Gasteiger charge is -2.03. The van der Waals surface area contributed by atoms with Gasteiger partial charge < -0.3 is 4.74 Å². The number of aliphatic imine (C=N–C) groups is 1. The predicted molar refractivity (Wildman–Crippen MR) is 68.1 cm³/mol. The fraction of sp³-hybridized carbons (Fsp3) is 0.357. The van der Waals surface area contributed by atoms with Crippen molar-refractivity contribution in [2.24, 2.45) is 4.99 Å². The summed E-state index contributed by atoms with van der Waals surface area (Å²) in [5.41, 5.74) is 2.17. The molecule has 16 heavy (non-hydrogen) atoms. The van der Waals surface area contributed by atoms with Crippen molar-refractivity contribution in [3.05, 3.63) is 29.8 Å². The molecule has 2 nitrogen and oxygen atoms in total. The second kappa shape index (κ2) is 6.68. The van der Waals surface area contributed by atoms with E-state index in [1.807, 2.05) is 31.2 Å². The Labute approximate surface area is 97.4 Å². The molecule has 1 rings (SSSR count). The van der Waals surface area contributed by atoms with Crippen LogP contribution in [-0.4, -0.2) is 19.4 Å². The number of methoxy groups -OCH3 is 1. The maximum absolute atomic E-state index is 5.18. The third kappa shape index (κ3) is 3.78. The summed E-state index contributed by atoms with van der Waals surface area (Å²) in [5, 5.41) is 0. The lowest BCUT2D eigenvalue weighted by atomic mass is 10.1. The highest BCUT2D eigenvalue weighted by Gasteiger charge is 1.97. The van der Waals surface area contributed by atoms with Crippen LogP contribution in [-0.2, 0) is 0 Å². The molecular weight excluding hydrogens is 198 g/mol. The summed E-state index contributed by atoms with van der Waals surface area (Å²) >= 11 is 0. The molecule has 0 heterocycles. The molecule has 0 amide bonds. The van der Waals surface area contributed by atoms with Gasteiger partial charge in [-0.05, 0) is 43.2 Å². The average Bonchev–Trinajstić information content (AvgIpc) is 2.34. The zero-order chi connectivity index (χ0) is 11.8. The Balaban J connectivity index is 2.58. The smallest absolute Gasteiger partial charge is 0.118 e. The van der Waals surface area contributed by atoms with E-state index < -0.39 is 0 Å². The number of benzene rings is 1. The summed E-state index contributed by atoms with van der Waals surface area (Å²) in [7, 11) is 1.66. The van der Waals surface area contributed by atoms with Gasteiger partial charge in [-0.25, -0.2) is 0 Å². The van der Waals surface area contributed by atoms with Gasteiger partial charge in [0, 0.05) is 18.7 Å². The first-order valence-corrected chi connectivity index (χ1v) is 5.37. The lowest BCUT2D eigenvalue weighted by Crippen LogP contribution is -1.96. The maximum Gasteiger partial charge on any atom is 0.118 e. The van der Waals surface area contributed by atoms with E-state index in [0.29, 0.717) is 0 Å². The molecular formula is C14H17NO. The number of terminal acetylenes is 1. The summed E-state index contributed by atoms with van der Waals surface area (Å²) in [4.78, 5) is 4.47. The van der Waals surface area contributed by atoms with Crippen LogP contribution < -0.4 is 4.74 Å². The van der Waals surface area contributed by atoms with Crippen molar-refractivity contribution in [3.63, 3.8) is 0 Å². The van der Waals surface area contributed by atoms with E-state index in [1.54, 1.807) is 7.11 Å². The van der Waals surface area contributed by atoms with Gasteiger partial charge >= 0.3 is 0 Å². The van der Waals surface area contributed by atoms with Gasteiger partial charge in [0.1, 0.15) is 5.75 Å². The van der Waals surface area contributed by atoms with Gasteiger partial charge in [-0.2, -0.15) is 0 Å². The van der Waals surface area contributed by atoms with Gasteiger partial charge in [0.05, 0.1) is 7.11 Å². The fourth-order valence-electron chi connectivity index (χ4n) is 1.35. The molecule has 1 aromatic carbocycles. The first-order chi connectivity index (χ1) is 7.77. The van der Waals surface area contributed by atoms with E-state index in [9.17, 15) is 0 Å². The van der Waals surface area contributed by atoms with Crippen molar-refractivity contribution >= 4 is 5.71 Å². The monoisotopic (exact) mass is 215 g/mol. The van der Waals surface area contributed by atoms with Crippen LogP contribution in [0.15, 0.2) is 29.3 Å². The molecule has 0 fully saturated rings. The highest BCUT2D eigenvalue weighted by atomic mass is 16.5. The van der Waals surface area contributed by atoms with Gasteiger partial charge in [0.15, 0.2) is 0 Å². The Morgan fingerprint density at radius 3 is 2.62 bits per heavy atom. The van der Waals surface area contributed by atoms with Crippen molar-refractivity contribution in [1.82, 2.24) is 0 Å². The molecule has 0 aromatic heterocycles. The third-order valence-electron chi connectivity index (χ3n) is 2.34. The SMILES string of the molecule is C#CCCCN=C(C)c1ccc(OC)cc1. The zero-order valence-corrected chi connectivity index (χ0v) is 9.86. The first kappa shape index (κ1) is 12.3. The Kier molecular flexibility index (Phi) is 5.15. The Morgan fingerprint density at radius 1 is 1.38 bits per heavy atom. The highest BCUT2D eigenvalue weighted by molar-refractivity contribution is 5.98. The number of rotatable bonds is 5. The minimum atomic E-state index is 0.791. The van der Waals surface area contributed by atoms with Crippen molar-refractivity contribution in [3.8, 4) is 18.1 Å². The molecule has 0 saturated heterocycles. The summed E-state index contributed by atoms with van der Waals surface area (Å²) < 4.78 is 5.10. The Bertz CT molecular complexity index is 384. The van der Waals surface area contributed by atoms with Gasteiger partial charge in [-0.1, -0.05) is 0 Å². The van der Waals surface area contributed by atoms with Crippen LogP contribution in [0.1, 0.15) is 25.3 Å². The van der Waals surface area contributed by atoms with E-state index >= 15 is 0 Å². The Hall–Kier alpha value is -1.75. The number of hydrogen-bond acceptors (Lipinski definition) is 2. The molecule has 0 aliphatic rings. The molecule has 0 atom stereocenters. The minimum Gasteiger partial charge on any atom is -0.497 e. The van der Waals surface area contributed by atoms with Gasteiger partial charge in [0.2, 0.25) is 0 Å². The van der Waals surface area contributed by atoms with Crippen LogP contribution in [0.5, 0.6) is 5.75 Å². The average molecular weight is 215 g/mol. The lowest BCUT2D eigenvalue weighted by molar-refractivity contribution is 0.415. The number of hydrogen-bond donors (Lipinski definition) is 0. The predicted octanol–water partition coefficient (Wildman–Crippen LogP) is 2.92. The molecule has 0 saturated carbocycles. The summed E-state index contributed by atoms with van der Waals surface area (Å²) in [5.74, 6) is 3.48. The van der Waals surface area contributed by atoms with Gasteiger partial charge in [-0.15, -0.1) is 12.3 Å². The second-order valence-corrected chi connectivity index (χ2v) is 3.50. The number of unbranched alkanes of at least 4 members (excludes halogenated alkanes) is 1. The molecule has 0 aliphatic heterocycles. The van der Waals surface area contributed by atoms with Crippen LogP contribution in [0, 0.1) is 12.3 Å². The van der Waals surface area contributed by atoms with Gasteiger partial charge in [-0.3, -0.25) is 4.99 Å². The minimum absolute atomic E-state index is 0.791. The van der Waals surface area contributed by atoms with Crippen LogP contribution in [0.25, 0.3) is 0 Å². The van der Waals surface area contributed by atoms with Crippen LogP contribution in [0.2, 0.25) is 0 Å². The topological polar surface area (TPSA) is 21.6 Å². The van der Waals surface area contributed by atoms with Crippen molar-refractivity contribution in [2.75, 3.05) is 13.7 Å². The highest BCUT2D eigenvalue weighted by Crippen LogP contribution is 2.12. The number of nitrogens with zero attached hydrogens (tertiary/aromatic N) is 1. The van der Waals surface area contributed by atoms with E-state index in [4.69, 9.17) is 11.2 Å². The largest absolute Gasteiger partial charge is 0.497 e. The Morgan fingerprint density at radius 2 is 2.06 bits per heavy atom. The van der Waals surface area contributed by atoms with Crippen molar-refractivity contribution in [2.45, 2.75) is 19.8 Å². The molecule has 2 heteroatoms. The third-order valence-corrected chi connectivity index (χ3v) is 2.34. The standard InChI is InChI=1S/C14H17NO/c1-4-5-6-11-15-12(2)13-7-9-14(16-3)10-8-13/h1,7-10H,5-6,11H2,2-3H3. The normalized spacial score (nSPS) is 10.9. The number of ether oxygens (including phenoxy) is 1. The summed E-state index contributed by atoms with van der Waals surface area (Å²) in [6.45, 7) is 2.81. The molecule has 0 aliphatic carbocycles. The van der Waals surface area contributed by atoms with E-state index in [2.05, 4.69) is 10.9 Å².